The van der Waals surface area contributed by atoms with Crippen molar-refractivity contribution < 1.29 is 4.42 Å². The van der Waals surface area contributed by atoms with E-state index in [2.05, 4.69) is 169 Å². The quantitative estimate of drug-likeness (QED) is 0.185. The molecule has 234 valence electrons. The van der Waals surface area contributed by atoms with Crippen LogP contribution in [0, 0.1) is 0 Å². The molecule has 4 heteroatoms. The van der Waals surface area contributed by atoms with E-state index >= 15 is 0 Å². The maximum absolute atomic E-state index is 6.65. The highest BCUT2D eigenvalue weighted by molar-refractivity contribution is 7.26. The minimum Gasteiger partial charge on any atom is -0.455 e. The maximum Gasteiger partial charge on any atom is 0.143 e. The molecule has 0 aliphatic rings. The zero-order valence-electron chi connectivity index (χ0n) is 26.8. The molecule has 0 N–H and O–H groups in total. The van der Waals surface area contributed by atoms with E-state index in [1.165, 1.54) is 56.9 Å². The monoisotopic (exact) mass is 673 g/mol. The van der Waals surface area contributed by atoms with E-state index in [-0.39, 0.29) is 0 Å². The zero-order valence-corrected chi connectivity index (χ0v) is 28.4. The Labute approximate surface area is 295 Å². The van der Waals surface area contributed by atoms with Crippen molar-refractivity contribution >= 4 is 113 Å². The lowest BCUT2D eigenvalue weighted by Gasteiger charge is -2.26. The van der Waals surface area contributed by atoms with Crippen molar-refractivity contribution in [3.05, 3.63) is 164 Å². The van der Waals surface area contributed by atoms with Gasteiger partial charge < -0.3 is 9.32 Å². The highest BCUT2D eigenvalue weighted by Gasteiger charge is 2.21. The third kappa shape index (κ3) is 4.19. The van der Waals surface area contributed by atoms with Gasteiger partial charge in [-0.25, -0.2) is 0 Å². The molecular formula is C46H27NOS2. The van der Waals surface area contributed by atoms with Crippen LogP contribution in [0.2, 0.25) is 0 Å². The van der Waals surface area contributed by atoms with Gasteiger partial charge in [-0.3, -0.25) is 0 Å². The number of anilines is 3. The summed E-state index contributed by atoms with van der Waals surface area (Å²) in [7, 11) is 0. The third-order valence-electron chi connectivity index (χ3n) is 10.1. The average Bonchev–Trinajstić information content (AvgIpc) is 3.86. The van der Waals surface area contributed by atoms with Crippen molar-refractivity contribution in [1.29, 1.82) is 0 Å². The van der Waals surface area contributed by atoms with Gasteiger partial charge in [-0.15, -0.1) is 22.7 Å². The number of benzene rings is 8. The van der Waals surface area contributed by atoms with E-state index in [4.69, 9.17) is 4.42 Å². The van der Waals surface area contributed by atoms with Crippen LogP contribution in [0.3, 0.4) is 0 Å². The van der Waals surface area contributed by atoms with Crippen LogP contribution in [-0.2, 0) is 0 Å². The van der Waals surface area contributed by atoms with Gasteiger partial charge in [0, 0.05) is 62.5 Å². The second kappa shape index (κ2) is 10.8. The highest BCUT2D eigenvalue weighted by Crippen LogP contribution is 2.46. The number of fused-ring (bicyclic) bond motifs is 11. The molecule has 0 bridgehead atoms. The number of thiophene rings is 2. The van der Waals surface area contributed by atoms with Crippen molar-refractivity contribution in [2.45, 2.75) is 0 Å². The largest absolute Gasteiger partial charge is 0.455 e. The smallest absolute Gasteiger partial charge is 0.143 e. The van der Waals surface area contributed by atoms with E-state index < -0.39 is 0 Å². The minimum absolute atomic E-state index is 0.884. The molecule has 0 saturated carbocycles. The van der Waals surface area contributed by atoms with Gasteiger partial charge in [0.25, 0.3) is 0 Å². The third-order valence-corrected chi connectivity index (χ3v) is 12.3. The Hall–Kier alpha value is -5.94. The van der Waals surface area contributed by atoms with E-state index in [1.807, 2.05) is 22.7 Å². The molecule has 2 nitrogen and oxygen atoms in total. The normalized spacial score (nSPS) is 12.0. The molecule has 11 rings (SSSR count). The highest BCUT2D eigenvalue weighted by atomic mass is 32.1. The van der Waals surface area contributed by atoms with E-state index in [1.54, 1.807) is 0 Å². The van der Waals surface area contributed by atoms with Crippen LogP contribution in [0.5, 0.6) is 0 Å². The van der Waals surface area contributed by atoms with Crippen LogP contribution >= 0.6 is 22.7 Å². The Morgan fingerprint density at radius 2 is 1.00 bits per heavy atom. The lowest BCUT2D eigenvalue weighted by molar-refractivity contribution is 0.672. The average molecular weight is 674 g/mol. The first-order valence-electron chi connectivity index (χ1n) is 16.8. The summed E-state index contributed by atoms with van der Waals surface area (Å²) >= 11 is 3.71. The fourth-order valence-electron chi connectivity index (χ4n) is 7.71. The molecule has 0 saturated heterocycles. The van der Waals surface area contributed by atoms with E-state index in [0.717, 1.165) is 44.4 Å². The van der Waals surface area contributed by atoms with Crippen LogP contribution in [0.25, 0.3) is 84.2 Å². The molecular weight excluding hydrogens is 647 g/mol. The fourth-order valence-corrected chi connectivity index (χ4v) is 10.00. The SMILES string of the molecule is c1ccc2c(c1)ccc1c2oc2cccc(N(c3ccc(-c4ccc5c(c4)sc4ccccc45)cc3)c3ccc4c(c3)sc3ccccc34)c21. The van der Waals surface area contributed by atoms with E-state index in [0.29, 0.717) is 0 Å². The van der Waals surface area contributed by atoms with Crippen molar-refractivity contribution in [3.63, 3.8) is 0 Å². The molecule has 3 heterocycles. The first kappa shape index (κ1) is 28.0. The second-order valence-electron chi connectivity index (χ2n) is 12.9. The molecule has 0 aliphatic heterocycles. The minimum atomic E-state index is 0.884. The van der Waals surface area contributed by atoms with Gasteiger partial charge in [0.2, 0.25) is 0 Å². The van der Waals surface area contributed by atoms with Gasteiger partial charge >= 0.3 is 0 Å². The number of nitrogens with zero attached hydrogens (tertiary/aromatic N) is 1. The number of hydrogen-bond acceptors (Lipinski definition) is 4. The molecule has 11 aromatic rings. The molecule has 0 amide bonds. The first-order valence-corrected chi connectivity index (χ1v) is 18.5. The van der Waals surface area contributed by atoms with Gasteiger partial charge in [0.05, 0.1) is 11.1 Å². The topological polar surface area (TPSA) is 16.4 Å². The van der Waals surface area contributed by atoms with Crippen LogP contribution in [0.4, 0.5) is 17.1 Å². The Kier molecular flexibility index (Phi) is 6.03. The summed E-state index contributed by atoms with van der Waals surface area (Å²) in [5, 5.41) is 9.79. The van der Waals surface area contributed by atoms with Gasteiger partial charge in [-0.2, -0.15) is 0 Å². The van der Waals surface area contributed by atoms with Gasteiger partial charge in [0.1, 0.15) is 11.2 Å². The molecule has 8 aromatic carbocycles. The van der Waals surface area contributed by atoms with Crippen molar-refractivity contribution in [1.82, 2.24) is 0 Å². The lowest BCUT2D eigenvalue weighted by atomic mass is 10.0. The summed E-state index contributed by atoms with van der Waals surface area (Å²) in [5.74, 6) is 0. The number of hydrogen-bond donors (Lipinski definition) is 0. The predicted octanol–water partition coefficient (Wildman–Crippen LogP) is 14.6. The Bertz CT molecular complexity index is 3110. The lowest BCUT2D eigenvalue weighted by Crippen LogP contribution is -2.10. The Morgan fingerprint density at radius 1 is 0.400 bits per heavy atom. The first-order chi connectivity index (χ1) is 24.8. The summed E-state index contributed by atoms with van der Waals surface area (Å²) < 4.78 is 11.9. The molecule has 0 fully saturated rings. The maximum atomic E-state index is 6.65. The molecule has 0 unspecified atom stereocenters. The van der Waals surface area contributed by atoms with Crippen molar-refractivity contribution in [3.8, 4) is 11.1 Å². The van der Waals surface area contributed by atoms with Gasteiger partial charge in [-0.05, 0) is 77.2 Å². The van der Waals surface area contributed by atoms with Crippen molar-refractivity contribution in [2.75, 3.05) is 4.90 Å². The summed E-state index contributed by atoms with van der Waals surface area (Å²) in [6.07, 6.45) is 0. The summed E-state index contributed by atoms with van der Waals surface area (Å²) in [5.41, 5.74) is 7.55. The molecule has 50 heavy (non-hydrogen) atoms. The van der Waals surface area contributed by atoms with E-state index in [9.17, 15) is 0 Å². The Morgan fingerprint density at radius 3 is 1.78 bits per heavy atom. The van der Waals surface area contributed by atoms with Crippen molar-refractivity contribution in [2.24, 2.45) is 0 Å². The number of furan rings is 1. The number of rotatable bonds is 4. The van der Waals surface area contributed by atoms with Gasteiger partial charge in [0.15, 0.2) is 0 Å². The molecule has 0 aliphatic carbocycles. The fraction of sp³-hybridized carbons (Fsp3) is 0. The molecule has 0 atom stereocenters. The van der Waals surface area contributed by atoms with Crippen LogP contribution < -0.4 is 4.90 Å². The van der Waals surface area contributed by atoms with Crippen LogP contribution in [0.15, 0.2) is 168 Å². The van der Waals surface area contributed by atoms with Gasteiger partial charge in [-0.1, -0.05) is 103 Å². The summed E-state index contributed by atoms with van der Waals surface area (Å²) in [4.78, 5) is 2.40. The zero-order chi connectivity index (χ0) is 32.8. The van der Waals surface area contributed by atoms with Crippen LogP contribution in [-0.4, -0.2) is 0 Å². The summed E-state index contributed by atoms with van der Waals surface area (Å²) in [6, 6.07) is 59.5. The molecule has 3 aromatic heterocycles. The Balaban J connectivity index is 1.11. The molecule has 0 radical (unpaired) electrons. The predicted molar refractivity (Wildman–Crippen MR) is 217 cm³/mol. The second-order valence-corrected chi connectivity index (χ2v) is 15.1. The van der Waals surface area contributed by atoms with Crippen LogP contribution in [0.1, 0.15) is 0 Å². The summed E-state index contributed by atoms with van der Waals surface area (Å²) in [6.45, 7) is 0. The standard InChI is InChI=1S/C46H27NOS2/c1-2-9-33-29(8-1)18-24-38-45-39(12-7-13-40(45)48-46(33)38)47(32-22-25-37-35-11-4-6-15-42(35)50-44(37)27-32)31-20-16-28(17-21-31)30-19-23-36-34-10-3-5-14-41(34)49-43(36)26-30/h1-27H. The molecule has 0 spiro atoms.